The fourth-order valence-corrected chi connectivity index (χ4v) is 3.95. The molecule has 0 amide bonds. The van der Waals surface area contributed by atoms with E-state index in [9.17, 15) is 0 Å². The normalized spacial score (nSPS) is 26.6. The third-order valence-corrected chi connectivity index (χ3v) is 5.14. The van der Waals surface area contributed by atoms with E-state index in [1.807, 2.05) is 35.5 Å². The minimum atomic E-state index is 0.171. The molecule has 2 aromatic heterocycles. The van der Waals surface area contributed by atoms with E-state index < -0.39 is 0 Å². The standard InChI is InChI=1S/C19H26N4O2/c1-4-17-19(25-12-1)18(24-13-3-11-23-10-2-7-21-23)15-22(17)14-16-5-8-20-9-6-16/h2,5-10,17-19H,1,3-4,11-15H2/t17-,18-,19+/m1/s1. The fourth-order valence-electron chi connectivity index (χ4n) is 3.95. The van der Waals surface area contributed by atoms with Gasteiger partial charge in [0.25, 0.3) is 0 Å². The van der Waals surface area contributed by atoms with Crippen molar-refractivity contribution < 1.29 is 9.47 Å². The van der Waals surface area contributed by atoms with Crippen molar-refractivity contribution in [3.05, 3.63) is 48.5 Å². The molecule has 2 fully saturated rings. The second-order valence-corrected chi connectivity index (χ2v) is 6.86. The summed E-state index contributed by atoms with van der Waals surface area (Å²) < 4.78 is 14.3. The number of nitrogens with zero attached hydrogens (tertiary/aromatic N) is 4. The number of aryl methyl sites for hydroxylation is 1. The Morgan fingerprint density at radius 3 is 3.00 bits per heavy atom. The van der Waals surface area contributed by atoms with Crippen LogP contribution in [0.4, 0.5) is 0 Å². The van der Waals surface area contributed by atoms with Gasteiger partial charge in [0.05, 0.1) is 6.10 Å². The molecule has 2 aromatic rings. The van der Waals surface area contributed by atoms with Crippen LogP contribution in [0.2, 0.25) is 0 Å². The zero-order valence-electron chi connectivity index (χ0n) is 14.5. The first-order chi connectivity index (χ1) is 12.4. The summed E-state index contributed by atoms with van der Waals surface area (Å²) in [5.41, 5.74) is 1.30. The summed E-state index contributed by atoms with van der Waals surface area (Å²) in [4.78, 5) is 6.64. The Morgan fingerprint density at radius 2 is 2.16 bits per heavy atom. The number of aromatic nitrogens is 3. The van der Waals surface area contributed by atoms with Crippen molar-refractivity contribution in [1.82, 2.24) is 19.7 Å². The van der Waals surface area contributed by atoms with Crippen molar-refractivity contribution in [3.8, 4) is 0 Å². The van der Waals surface area contributed by atoms with Gasteiger partial charge < -0.3 is 9.47 Å². The maximum atomic E-state index is 6.22. The first-order valence-electron chi connectivity index (χ1n) is 9.24. The van der Waals surface area contributed by atoms with Crippen LogP contribution >= 0.6 is 0 Å². The van der Waals surface area contributed by atoms with Crippen LogP contribution in [0.5, 0.6) is 0 Å². The molecule has 4 rings (SSSR count). The maximum absolute atomic E-state index is 6.22. The van der Waals surface area contributed by atoms with Gasteiger partial charge in [0.15, 0.2) is 0 Å². The lowest BCUT2D eigenvalue weighted by Crippen LogP contribution is -2.41. The maximum Gasteiger partial charge on any atom is 0.100 e. The summed E-state index contributed by atoms with van der Waals surface area (Å²) in [5.74, 6) is 0. The van der Waals surface area contributed by atoms with Gasteiger partial charge in [-0.2, -0.15) is 5.10 Å². The number of likely N-dealkylation sites (tertiary alicyclic amines) is 1. The Kier molecular flexibility index (Phi) is 5.40. The Bertz CT molecular complexity index is 634. The number of fused-ring (bicyclic) bond motifs is 1. The summed E-state index contributed by atoms with van der Waals surface area (Å²) in [6.45, 7) is 4.40. The molecule has 0 bridgehead atoms. The SMILES string of the molecule is c1cnn(CCCO[C@@H]2CN(Cc3ccncc3)[C@@H]3CCCO[C@@H]32)c1. The summed E-state index contributed by atoms with van der Waals surface area (Å²) in [6.07, 6.45) is 11.2. The molecular formula is C19H26N4O2. The molecular weight excluding hydrogens is 316 g/mol. The van der Waals surface area contributed by atoms with Gasteiger partial charge in [0.2, 0.25) is 0 Å². The molecule has 3 atom stereocenters. The van der Waals surface area contributed by atoms with E-state index in [-0.39, 0.29) is 12.2 Å². The summed E-state index contributed by atoms with van der Waals surface area (Å²) in [5, 5.41) is 4.23. The summed E-state index contributed by atoms with van der Waals surface area (Å²) in [7, 11) is 0. The number of pyridine rings is 1. The van der Waals surface area contributed by atoms with Crippen LogP contribution in [-0.4, -0.2) is 57.7 Å². The highest BCUT2D eigenvalue weighted by molar-refractivity contribution is 5.11. The Morgan fingerprint density at radius 1 is 1.24 bits per heavy atom. The first-order valence-corrected chi connectivity index (χ1v) is 9.24. The molecule has 0 radical (unpaired) electrons. The molecule has 4 heterocycles. The third kappa shape index (κ3) is 4.08. The zero-order valence-corrected chi connectivity index (χ0v) is 14.5. The number of hydrogen-bond donors (Lipinski definition) is 0. The van der Waals surface area contributed by atoms with Crippen molar-refractivity contribution in [2.45, 2.75) is 50.6 Å². The molecule has 6 nitrogen and oxygen atoms in total. The minimum absolute atomic E-state index is 0.171. The molecule has 2 saturated heterocycles. The zero-order chi connectivity index (χ0) is 16.9. The molecule has 134 valence electrons. The highest BCUT2D eigenvalue weighted by atomic mass is 16.5. The van der Waals surface area contributed by atoms with Crippen LogP contribution in [0.1, 0.15) is 24.8 Å². The number of rotatable bonds is 7. The Labute approximate surface area is 148 Å². The molecule has 2 aliphatic rings. The predicted molar refractivity (Wildman–Crippen MR) is 94.0 cm³/mol. The smallest absolute Gasteiger partial charge is 0.100 e. The molecule has 0 N–H and O–H groups in total. The molecule has 6 heteroatoms. The van der Waals surface area contributed by atoms with E-state index in [0.717, 1.165) is 45.7 Å². The Balaban J connectivity index is 1.32. The van der Waals surface area contributed by atoms with Crippen molar-refractivity contribution in [1.29, 1.82) is 0 Å². The molecule has 2 aliphatic heterocycles. The quantitative estimate of drug-likeness (QED) is 0.722. The molecule has 0 aliphatic carbocycles. The highest BCUT2D eigenvalue weighted by Crippen LogP contribution is 2.31. The van der Waals surface area contributed by atoms with E-state index >= 15 is 0 Å². The minimum Gasteiger partial charge on any atom is -0.374 e. The van der Waals surface area contributed by atoms with E-state index in [4.69, 9.17) is 9.47 Å². The fraction of sp³-hybridized carbons (Fsp3) is 0.579. The van der Waals surface area contributed by atoms with Crippen LogP contribution in [0.3, 0.4) is 0 Å². The first kappa shape index (κ1) is 16.7. The van der Waals surface area contributed by atoms with Crippen LogP contribution in [0.15, 0.2) is 43.0 Å². The van der Waals surface area contributed by atoms with Gasteiger partial charge in [-0.25, -0.2) is 0 Å². The molecule has 0 aromatic carbocycles. The van der Waals surface area contributed by atoms with Crippen LogP contribution in [0.25, 0.3) is 0 Å². The van der Waals surface area contributed by atoms with Gasteiger partial charge in [0.1, 0.15) is 6.10 Å². The lowest BCUT2D eigenvalue weighted by molar-refractivity contribution is -0.0780. The van der Waals surface area contributed by atoms with Gasteiger partial charge in [0, 0.05) is 63.7 Å². The summed E-state index contributed by atoms with van der Waals surface area (Å²) >= 11 is 0. The van der Waals surface area contributed by atoms with Crippen molar-refractivity contribution >= 4 is 0 Å². The number of ether oxygens (including phenoxy) is 2. The largest absolute Gasteiger partial charge is 0.374 e. The van der Waals surface area contributed by atoms with Crippen molar-refractivity contribution in [2.24, 2.45) is 0 Å². The third-order valence-electron chi connectivity index (χ3n) is 5.14. The second-order valence-electron chi connectivity index (χ2n) is 6.86. The second kappa shape index (κ2) is 8.08. The van der Waals surface area contributed by atoms with Gasteiger partial charge in [-0.15, -0.1) is 0 Å². The van der Waals surface area contributed by atoms with E-state index in [0.29, 0.717) is 6.04 Å². The average molecular weight is 342 g/mol. The lowest BCUT2D eigenvalue weighted by Gasteiger charge is -2.32. The van der Waals surface area contributed by atoms with Gasteiger partial charge in [-0.1, -0.05) is 0 Å². The Hall–Kier alpha value is -1.76. The van der Waals surface area contributed by atoms with Crippen LogP contribution in [-0.2, 0) is 22.6 Å². The van der Waals surface area contributed by atoms with Crippen LogP contribution < -0.4 is 0 Å². The average Bonchev–Trinajstić information content (AvgIpc) is 3.29. The number of hydrogen-bond acceptors (Lipinski definition) is 5. The molecule has 0 unspecified atom stereocenters. The predicted octanol–water partition coefficient (Wildman–Crippen LogP) is 2.12. The molecule has 25 heavy (non-hydrogen) atoms. The van der Waals surface area contributed by atoms with Crippen molar-refractivity contribution in [3.63, 3.8) is 0 Å². The molecule has 0 spiro atoms. The summed E-state index contributed by atoms with van der Waals surface area (Å²) in [6, 6.07) is 6.61. The topological polar surface area (TPSA) is 52.4 Å². The lowest BCUT2D eigenvalue weighted by atomic mass is 10.0. The van der Waals surface area contributed by atoms with E-state index in [2.05, 4.69) is 27.1 Å². The van der Waals surface area contributed by atoms with Gasteiger partial charge in [-0.3, -0.25) is 14.6 Å². The van der Waals surface area contributed by atoms with Gasteiger partial charge >= 0.3 is 0 Å². The van der Waals surface area contributed by atoms with Crippen LogP contribution in [0, 0.1) is 0 Å². The monoisotopic (exact) mass is 342 g/mol. The van der Waals surface area contributed by atoms with Crippen molar-refractivity contribution in [2.75, 3.05) is 19.8 Å². The van der Waals surface area contributed by atoms with E-state index in [1.165, 1.54) is 12.0 Å². The van der Waals surface area contributed by atoms with E-state index in [1.54, 1.807) is 0 Å². The van der Waals surface area contributed by atoms with Gasteiger partial charge in [-0.05, 0) is 43.0 Å². The molecule has 0 saturated carbocycles. The highest BCUT2D eigenvalue weighted by Gasteiger charge is 2.44.